The zero-order valence-electron chi connectivity index (χ0n) is 13.5. The van der Waals surface area contributed by atoms with Crippen molar-refractivity contribution in [3.63, 3.8) is 0 Å². The second kappa shape index (κ2) is 8.45. The summed E-state index contributed by atoms with van der Waals surface area (Å²) in [6.07, 6.45) is 0.714. The molecule has 3 nitrogen and oxygen atoms in total. The van der Waals surface area contributed by atoms with Crippen LogP contribution in [0.4, 0.5) is 0 Å². The molecule has 7 heteroatoms. The Morgan fingerprint density at radius 1 is 0.960 bits per heavy atom. The van der Waals surface area contributed by atoms with Gasteiger partial charge in [0.15, 0.2) is 5.16 Å². The van der Waals surface area contributed by atoms with Crippen molar-refractivity contribution >= 4 is 46.6 Å². The van der Waals surface area contributed by atoms with Gasteiger partial charge in [-0.2, -0.15) is 0 Å². The maximum absolute atomic E-state index is 6.24. The predicted octanol–water partition coefficient (Wildman–Crippen LogP) is 6.14. The predicted molar refractivity (Wildman–Crippen MR) is 106 cm³/mol. The summed E-state index contributed by atoms with van der Waals surface area (Å²) in [6, 6.07) is 13.3. The molecule has 0 amide bonds. The van der Waals surface area contributed by atoms with Crippen LogP contribution in [0.15, 0.2) is 47.6 Å². The average Bonchev–Trinajstić information content (AvgIpc) is 2.98. The third kappa shape index (κ3) is 4.50. The lowest BCUT2D eigenvalue weighted by Crippen LogP contribution is -2.04. The van der Waals surface area contributed by atoms with Crippen molar-refractivity contribution in [1.29, 1.82) is 0 Å². The first kappa shape index (κ1) is 18.6. The fourth-order valence-corrected chi connectivity index (χ4v) is 4.35. The van der Waals surface area contributed by atoms with Crippen molar-refractivity contribution in [1.82, 2.24) is 14.8 Å². The van der Waals surface area contributed by atoms with Crippen LogP contribution in [0.1, 0.15) is 23.9 Å². The molecule has 0 saturated heterocycles. The number of nitrogens with zero attached hydrogens (tertiary/aromatic N) is 3. The molecule has 0 saturated carbocycles. The van der Waals surface area contributed by atoms with Gasteiger partial charge < -0.3 is 4.57 Å². The Bertz CT molecular complexity index is 842. The number of rotatable bonds is 6. The van der Waals surface area contributed by atoms with E-state index in [-0.39, 0.29) is 0 Å². The second-order valence-electron chi connectivity index (χ2n) is 5.44. The van der Waals surface area contributed by atoms with Crippen LogP contribution in [0.25, 0.3) is 0 Å². The summed E-state index contributed by atoms with van der Waals surface area (Å²) >= 11 is 20.0. The van der Waals surface area contributed by atoms with E-state index in [2.05, 4.69) is 21.7 Å². The first-order valence-corrected chi connectivity index (χ1v) is 9.92. The highest BCUT2D eigenvalue weighted by molar-refractivity contribution is 7.98. The zero-order chi connectivity index (χ0) is 17.8. The molecule has 0 N–H and O–H groups in total. The van der Waals surface area contributed by atoms with Gasteiger partial charge in [0.1, 0.15) is 5.82 Å². The van der Waals surface area contributed by atoms with E-state index in [1.54, 1.807) is 11.8 Å². The lowest BCUT2D eigenvalue weighted by Gasteiger charge is -2.09. The number of benzene rings is 2. The van der Waals surface area contributed by atoms with Gasteiger partial charge in [-0.15, -0.1) is 10.2 Å². The number of hydrogen-bond acceptors (Lipinski definition) is 3. The van der Waals surface area contributed by atoms with Crippen molar-refractivity contribution < 1.29 is 0 Å². The van der Waals surface area contributed by atoms with Crippen LogP contribution in [-0.2, 0) is 18.7 Å². The summed E-state index contributed by atoms with van der Waals surface area (Å²) in [5.41, 5.74) is 2.07. The van der Waals surface area contributed by atoms with Crippen molar-refractivity contribution in [3.05, 3.63) is 74.5 Å². The minimum absolute atomic E-state index is 0.650. The molecule has 0 bridgehead atoms. The lowest BCUT2D eigenvalue weighted by molar-refractivity contribution is 0.651. The Kier molecular flexibility index (Phi) is 6.29. The summed E-state index contributed by atoms with van der Waals surface area (Å²) in [5.74, 6) is 1.58. The SMILES string of the molecule is CCn1c(Cc2ccc(Cl)cc2)nnc1SCc1c(Cl)cccc1Cl. The van der Waals surface area contributed by atoms with E-state index < -0.39 is 0 Å². The molecular formula is C18H16Cl3N3S. The van der Waals surface area contributed by atoms with Crippen molar-refractivity contribution in [2.75, 3.05) is 0 Å². The van der Waals surface area contributed by atoms with Gasteiger partial charge in [0, 0.05) is 33.8 Å². The van der Waals surface area contributed by atoms with Gasteiger partial charge in [0.05, 0.1) is 0 Å². The second-order valence-corrected chi connectivity index (χ2v) is 7.63. The summed E-state index contributed by atoms with van der Waals surface area (Å²) in [6.45, 7) is 2.88. The number of aromatic nitrogens is 3. The van der Waals surface area contributed by atoms with E-state index in [9.17, 15) is 0 Å². The molecule has 130 valence electrons. The number of halogens is 3. The molecular weight excluding hydrogens is 397 g/mol. The molecule has 0 aliphatic carbocycles. The largest absolute Gasteiger partial charge is 0.306 e. The maximum atomic E-state index is 6.24. The van der Waals surface area contributed by atoms with Gasteiger partial charge >= 0.3 is 0 Å². The number of thioether (sulfide) groups is 1. The molecule has 2 aromatic carbocycles. The first-order valence-electron chi connectivity index (χ1n) is 7.80. The van der Waals surface area contributed by atoms with Crippen LogP contribution >= 0.6 is 46.6 Å². The van der Waals surface area contributed by atoms with E-state index >= 15 is 0 Å². The molecule has 3 aromatic rings. The Morgan fingerprint density at radius 2 is 1.64 bits per heavy atom. The highest BCUT2D eigenvalue weighted by Gasteiger charge is 2.14. The molecule has 25 heavy (non-hydrogen) atoms. The lowest BCUT2D eigenvalue weighted by atomic mass is 10.1. The third-order valence-corrected chi connectivity index (χ3v) is 5.75. The van der Waals surface area contributed by atoms with Crippen LogP contribution in [0.5, 0.6) is 0 Å². The highest BCUT2D eigenvalue weighted by Crippen LogP contribution is 2.31. The fraction of sp³-hybridized carbons (Fsp3) is 0.222. The standard InChI is InChI=1S/C18H16Cl3N3S/c1-2-24-17(10-12-6-8-13(19)9-7-12)22-23-18(24)25-11-14-15(20)4-3-5-16(14)21/h3-9H,2,10-11H2,1H3. The molecule has 0 spiro atoms. The van der Waals surface area contributed by atoms with Crippen LogP contribution in [0.2, 0.25) is 15.1 Å². The summed E-state index contributed by atoms with van der Waals surface area (Å²) < 4.78 is 2.12. The van der Waals surface area contributed by atoms with Crippen LogP contribution in [0, 0.1) is 0 Å². The summed E-state index contributed by atoms with van der Waals surface area (Å²) in [7, 11) is 0. The van der Waals surface area contributed by atoms with Gasteiger partial charge in [-0.1, -0.05) is 64.8 Å². The third-order valence-electron chi connectivity index (χ3n) is 3.79. The van der Waals surface area contributed by atoms with Gasteiger partial charge in [-0.25, -0.2) is 0 Å². The topological polar surface area (TPSA) is 30.7 Å². The minimum Gasteiger partial charge on any atom is -0.306 e. The van der Waals surface area contributed by atoms with E-state index in [4.69, 9.17) is 34.8 Å². The fourth-order valence-electron chi connectivity index (χ4n) is 2.47. The first-order chi connectivity index (χ1) is 12.1. The van der Waals surface area contributed by atoms with E-state index in [0.29, 0.717) is 22.2 Å². The Hall–Kier alpha value is -1.20. The molecule has 0 aliphatic heterocycles. The smallest absolute Gasteiger partial charge is 0.191 e. The Labute approximate surface area is 166 Å². The molecule has 1 heterocycles. The normalized spacial score (nSPS) is 11.0. The summed E-state index contributed by atoms with van der Waals surface area (Å²) in [4.78, 5) is 0. The Morgan fingerprint density at radius 3 is 2.28 bits per heavy atom. The molecule has 0 aliphatic rings. The van der Waals surface area contributed by atoms with Crippen molar-refractivity contribution in [3.8, 4) is 0 Å². The van der Waals surface area contributed by atoms with Crippen molar-refractivity contribution in [2.24, 2.45) is 0 Å². The highest BCUT2D eigenvalue weighted by atomic mass is 35.5. The van der Waals surface area contributed by atoms with Gasteiger partial charge in [0.2, 0.25) is 0 Å². The molecule has 0 fully saturated rings. The van der Waals surface area contributed by atoms with Gasteiger partial charge in [0.25, 0.3) is 0 Å². The van der Waals surface area contributed by atoms with E-state index in [1.807, 2.05) is 42.5 Å². The van der Waals surface area contributed by atoms with Crippen LogP contribution in [0.3, 0.4) is 0 Å². The van der Waals surface area contributed by atoms with Crippen LogP contribution < -0.4 is 0 Å². The maximum Gasteiger partial charge on any atom is 0.191 e. The van der Waals surface area contributed by atoms with Gasteiger partial charge in [-0.3, -0.25) is 0 Å². The quantitative estimate of drug-likeness (QED) is 0.455. The minimum atomic E-state index is 0.650. The summed E-state index contributed by atoms with van der Waals surface area (Å²) in [5, 5.41) is 11.6. The van der Waals surface area contributed by atoms with Crippen molar-refractivity contribution in [2.45, 2.75) is 30.8 Å². The molecule has 0 atom stereocenters. The zero-order valence-corrected chi connectivity index (χ0v) is 16.6. The number of hydrogen-bond donors (Lipinski definition) is 0. The Balaban J connectivity index is 1.77. The molecule has 0 unspecified atom stereocenters. The average molecular weight is 413 g/mol. The van der Waals surface area contributed by atoms with Gasteiger partial charge in [-0.05, 0) is 42.3 Å². The van der Waals surface area contributed by atoms with E-state index in [1.165, 1.54) is 0 Å². The molecule has 1 aromatic heterocycles. The van der Waals surface area contributed by atoms with Crippen LogP contribution in [-0.4, -0.2) is 14.8 Å². The molecule has 3 rings (SSSR count). The molecule has 0 radical (unpaired) electrons. The monoisotopic (exact) mass is 411 g/mol. The van der Waals surface area contributed by atoms with E-state index in [0.717, 1.165) is 33.7 Å².